The molecule has 19 heavy (non-hydrogen) atoms. The van der Waals surface area contributed by atoms with Crippen molar-refractivity contribution in [1.29, 1.82) is 0 Å². The predicted molar refractivity (Wildman–Crippen MR) is 75.7 cm³/mol. The molecule has 1 saturated heterocycles. The van der Waals surface area contributed by atoms with E-state index < -0.39 is 0 Å². The summed E-state index contributed by atoms with van der Waals surface area (Å²) < 4.78 is 5.13. The number of esters is 1. The highest BCUT2D eigenvalue weighted by atomic mass is 16.5. The van der Waals surface area contributed by atoms with Gasteiger partial charge in [-0.3, -0.25) is 9.69 Å². The molecule has 1 aromatic rings. The first-order valence-electron chi connectivity index (χ1n) is 7.22. The van der Waals surface area contributed by atoms with Crippen LogP contribution in [-0.2, 0) is 16.1 Å². The molecule has 2 rings (SSSR count). The van der Waals surface area contributed by atoms with Crippen LogP contribution in [0.1, 0.15) is 31.7 Å². The number of hydrogen-bond donors (Lipinski definition) is 0. The Morgan fingerprint density at radius 3 is 2.79 bits per heavy atom. The van der Waals surface area contributed by atoms with Crippen molar-refractivity contribution in [2.75, 3.05) is 19.7 Å². The summed E-state index contributed by atoms with van der Waals surface area (Å²) in [5.41, 5.74) is 1.34. The van der Waals surface area contributed by atoms with Gasteiger partial charge >= 0.3 is 5.97 Å². The summed E-state index contributed by atoms with van der Waals surface area (Å²) >= 11 is 0. The average Bonchev–Trinajstić information content (AvgIpc) is 2.66. The molecule has 1 heterocycles. The van der Waals surface area contributed by atoms with E-state index >= 15 is 0 Å². The Morgan fingerprint density at radius 1 is 1.26 bits per heavy atom. The summed E-state index contributed by atoms with van der Waals surface area (Å²) in [6.07, 6.45) is 2.96. The lowest BCUT2D eigenvalue weighted by molar-refractivity contribution is -0.148. The van der Waals surface area contributed by atoms with E-state index in [2.05, 4.69) is 29.2 Å². The second kappa shape index (κ2) is 7.29. The van der Waals surface area contributed by atoms with Gasteiger partial charge in [-0.25, -0.2) is 0 Å². The third-order valence-corrected chi connectivity index (χ3v) is 3.69. The van der Waals surface area contributed by atoms with Gasteiger partial charge in [0.25, 0.3) is 0 Å². The van der Waals surface area contributed by atoms with E-state index in [-0.39, 0.29) is 11.9 Å². The molecule has 0 spiro atoms. The molecule has 0 amide bonds. The Hall–Kier alpha value is -1.35. The van der Waals surface area contributed by atoms with Crippen LogP contribution in [0.3, 0.4) is 0 Å². The zero-order chi connectivity index (χ0) is 13.5. The van der Waals surface area contributed by atoms with Gasteiger partial charge in [0.2, 0.25) is 0 Å². The number of carbonyl (C=O) groups is 1. The van der Waals surface area contributed by atoms with Crippen LogP contribution in [0.5, 0.6) is 0 Å². The minimum absolute atomic E-state index is 0.0101. The van der Waals surface area contributed by atoms with E-state index in [9.17, 15) is 4.79 Å². The van der Waals surface area contributed by atoms with E-state index in [0.717, 1.165) is 38.9 Å². The van der Waals surface area contributed by atoms with Gasteiger partial charge in [0, 0.05) is 6.54 Å². The molecule has 0 unspecified atom stereocenters. The molecular formula is C16H23NO2. The number of carbonyl (C=O) groups excluding carboxylic acids is 1. The lowest BCUT2D eigenvalue weighted by Gasteiger charge is -2.20. The molecule has 1 atom stereocenters. The molecule has 0 radical (unpaired) electrons. The second-order valence-electron chi connectivity index (χ2n) is 5.14. The first-order chi connectivity index (χ1) is 9.29. The number of rotatable bonds is 4. The molecule has 0 N–H and O–H groups in total. The predicted octanol–water partition coefficient (Wildman–Crippen LogP) is 2.85. The fourth-order valence-corrected chi connectivity index (χ4v) is 2.65. The highest BCUT2D eigenvalue weighted by Gasteiger charge is 2.23. The minimum atomic E-state index is -0.0101. The van der Waals surface area contributed by atoms with E-state index in [1.54, 1.807) is 0 Å². The summed E-state index contributed by atoms with van der Waals surface area (Å²) in [5, 5.41) is 0. The normalized spacial score (nSPS) is 20.8. The number of likely N-dealkylation sites (tertiary alicyclic amines) is 1. The molecule has 0 saturated carbocycles. The fraction of sp³-hybridized carbons (Fsp3) is 0.562. The van der Waals surface area contributed by atoms with Crippen molar-refractivity contribution < 1.29 is 9.53 Å². The van der Waals surface area contributed by atoms with Gasteiger partial charge in [-0.15, -0.1) is 0 Å². The van der Waals surface area contributed by atoms with Crippen molar-refractivity contribution in [2.45, 2.75) is 32.7 Å². The first-order valence-corrected chi connectivity index (χ1v) is 7.22. The van der Waals surface area contributed by atoms with Gasteiger partial charge < -0.3 is 4.74 Å². The van der Waals surface area contributed by atoms with E-state index in [4.69, 9.17) is 4.74 Å². The minimum Gasteiger partial charge on any atom is -0.466 e. The van der Waals surface area contributed by atoms with Crippen LogP contribution >= 0.6 is 0 Å². The van der Waals surface area contributed by atoms with Crippen LogP contribution < -0.4 is 0 Å². The number of nitrogens with zero attached hydrogens (tertiary/aromatic N) is 1. The summed E-state index contributed by atoms with van der Waals surface area (Å²) in [6, 6.07) is 10.5. The highest BCUT2D eigenvalue weighted by molar-refractivity contribution is 5.72. The second-order valence-corrected chi connectivity index (χ2v) is 5.14. The Bertz CT molecular complexity index is 391. The molecule has 1 fully saturated rings. The molecule has 104 valence electrons. The van der Waals surface area contributed by atoms with Crippen LogP contribution in [0.25, 0.3) is 0 Å². The lowest BCUT2D eigenvalue weighted by atomic mass is 10.0. The number of ether oxygens (including phenoxy) is 1. The van der Waals surface area contributed by atoms with Gasteiger partial charge in [0.1, 0.15) is 0 Å². The van der Waals surface area contributed by atoms with Crippen LogP contribution in [-0.4, -0.2) is 30.6 Å². The zero-order valence-corrected chi connectivity index (χ0v) is 11.7. The monoisotopic (exact) mass is 261 g/mol. The van der Waals surface area contributed by atoms with Crippen LogP contribution in [0.4, 0.5) is 0 Å². The molecule has 1 aliphatic rings. The molecule has 0 aliphatic carbocycles. The largest absolute Gasteiger partial charge is 0.466 e. The molecule has 0 aromatic heterocycles. The van der Waals surface area contributed by atoms with Crippen LogP contribution in [0, 0.1) is 5.92 Å². The quantitative estimate of drug-likeness (QED) is 0.781. The summed E-state index contributed by atoms with van der Waals surface area (Å²) in [6.45, 7) is 5.40. The molecular weight excluding hydrogens is 238 g/mol. The summed E-state index contributed by atoms with van der Waals surface area (Å²) in [7, 11) is 0. The summed E-state index contributed by atoms with van der Waals surface area (Å²) in [5.74, 6) is 0.0878. The maximum absolute atomic E-state index is 11.8. The van der Waals surface area contributed by atoms with Crippen molar-refractivity contribution in [3.05, 3.63) is 35.9 Å². The van der Waals surface area contributed by atoms with Gasteiger partial charge in [0.05, 0.1) is 12.5 Å². The zero-order valence-electron chi connectivity index (χ0n) is 11.7. The topological polar surface area (TPSA) is 29.5 Å². The molecule has 1 aromatic carbocycles. The smallest absolute Gasteiger partial charge is 0.308 e. The number of benzene rings is 1. The van der Waals surface area contributed by atoms with Gasteiger partial charge in [-0.2, -0.15) is 0 Å². The van der Waals surface area contributed by atoms with Crippen molar-refractivity contribution in [3.63, 3.8) is 0 Å². The van der Waals surface area contributed by atoms with E-state index in [0.29, 0.717) is 6.61 Å². The van der Waals surface area contributed by atoms with Gasteiger partial charge in [-0.1, -0.05) is 30.3 Å². The Balaban J connectivity index is 1.85. The van der Waals surface area contributed by atoms with Crippen LogP contribution in [0.15, 0.2) is 30.3 Å². The van der Waals surface area contributed by atoms with Crippen molar-refractivity contribution in [3.8, 4) is 0 Å². The van der Waals surface area contributed by atoms with Crippen LogP contribution in [0.2, 0.25) is 0 Å². The van der Waals surface area contributed by atoms with Crippen molar-refractivity contribution >= 4 is 5.97 Å². The average molecular weight is 261 g/mol. The number of hydrogen-bond acceptors (Lipinski definition) is 3. The van der Waals surface area contributed by atoms with E-state index in [1.807, 2.05) is 13.0 Å². The molecule has 0 bridgehead atoms. The Kier molecular flexibility index (Phi) is 5.40. The Labute approximate surface area is 115 Å². The maximum atomic E-state index is 11.8. The molecule has 3 heteroatoms. The highest BCUT2D eigenvalue weighted by Crippen LogP contribution is 2.20. The third kappa shape index (κ3) is 4.35. The van der Waals surface area contributed by atoms with Gasteiger partial charge in [0.15, 0.2) is 0 Å². The Morgan fingerprint density at radius 2 is 2.05 bits per heavy atom. The molecule has 1 aliphatic heterocycles. The fourth-order valence-electron chi connectivity index (χ4n) is 2.65. The molecule has 3 nitrogen and oxygen atoms in total. The van der Waals surface area contributed by atoms with Crippen molar-refractivity contribution in [1.82, 2.24) is 4.90 Å². The SMILES string of the molecule is CCOC(=O)[C@@H]1CCCN(Cc2ccccc2)CC1. The first kappa shape index (κ1) is 14.1. The maximum Gasteiger partial charge on any atom is 0.308 e. The lowest BCUT2D eigenvalue weighted by Crippen LogP contribution is -2.25. The van der Waals surface area contributed by atoms with Gasteiger partial charge in [-0.05, 0) is 44.8 Å². The van der Waals surface area contributed by atoms with Crippen molar-refractivity contribution in [2.24, 2.45) is 5.92 Å². The standard InChI is InChI=1S/C16H23NO2/c1-2-19-16(18)15-9-6-11-17(12-10-15)13-14-7-4-3-5-8-14/h3-5,7-8,15H,2,6,9-13H2,1H3/t15-/m1/s1. The third-order valence-electron chi connectivity index (χ3n) is 3.69. The summed E-state index contributed by atoms with van der Waals surface area (Å²) in [4.78, 5) is 14.2. The van der Waals surface area contributed by atoms with E-state index in [1.165, 1.54) is 5.56 Å².